The topological polar surface area (TPSA) is 66.9 Å². The van der Waals surface area contributed by atoms with Crippen LogP contribution >= 0.6 is 11.5 Å². The maximum Gasteiger partial charge on any atom is 0.243 e. The molecule has 6 heteroatoms. The molecule has 1 aliphatic rings. The second-order valence-corrected chi connectivity index (χ2v) is 5.71. The van der Waals surface area contributed by atoms with Gasteiger partial charge >= 0.3 is 0 Å². The first-order valence-electron chi connectivity index (χ1n) is 5.35. The van der Waals surface area contributed by atoms with Gasteiger partial charge in [-0.25, -0.2) is 4.98 Å². The third-order valence-corrected chi connectivity index (χ3v) is 3.10. The van der Waals surface area contributed by atoms with E-state index in [1.165, 1.54) is 11.5 Å². The number of anilines is 1. The van der Waals surface area contributed by atoms with Gasteiger partial charge in [-0.3, -0.25) is 10.1 Å². The van der Waals surface area contributed by atoms with E-state index in [2.05, 4.69) is 20.0 Å². The van der Waals surface area contributed by atoms with E-state index in [-0.39, 0.29) is 17.4 Å². The fraction of sp³-hybridized carbons (Fsp3) is 0.700. The summed E-state index contributed by atoms with van der Waals surface area (Å²) in [5.74, 6) is 0.761. The van der Waals surface area contributed by atoms with Crippen molar-refractivity contribution in [1.29, 1.82) is 0 Å². The monoisotopic (exact) mass is 240 g/mol. The fourth-order valence-corrected chi connectivity index (χ4v) is 2.05. The molecule has 16 heavy (non-hydrogen) atoms. The van der Waals surface area contributed by atoms with E-state index >= 15 is 0 Å². The minimum atomic E-state index is -0.0752. The number of hydrogen-bond acceptors (Lipinski definition) is 5. The molecule has 1 aromatic rings. The number of nitrogens with zero attached hydrogens (tertiary/aromatic N) is 2. The predicted molar refractivity (Wildman–Crippen MR) is 63.6 cm³/mol. The van der Waals surface area contributed by atoms with Crippen LogP contribution in [0.3, 0.4) is 0 Å². The fourth-order valence-electron chi connectivity index (χ4n) is 1.28. The smallest absolute Gasteiger partial charge is 0.243 e. The van der Waals surface area contributed by atoms with Crippen molar-refractivity contribution in [2.45, 2.75) is 38.6 Å². The van der Waals surface area contributed by atoms with Gasteiger partial charge in [0.15, 0.2) is 0 Å². The first kappa shape index (κ1) is 11.5. The van der Waals surface area contributed by atoms with Crippen molar-refractivity contribution in [3.63, 3.8) is 0 Å². The lowest BCUT2D eigenvalue weighted by atomic mass is 9.96. The van der Waals surface area contributed by atoms with Crippen molar-refractivity contribution >= 4 is 22.6 Å². The summed E-state index contributed by atoms with van der Waals surface area (Å²) < 4.78 is 4.24. The molecule has 1 fully saturated rings. The molecule has 5 nitrogen and oxygen atoms in total. The van der Waals surface area contributed by atoms with Crippen LogP contribution in [0, 0.1) is 0 Å². The van der Waals surface area contributed by atoms with Crippen LogP contribution < -0.4 is 10.6 Å². The summed E-state index contributed by atoms with van der Waals surface area (Å²) in [7, 11) is 0. The average Bonchev–Trinajstić information content (AvgIpc) is 2.47. The molecule has 1 amide bonds. The molecular weight excluding hydrogens is 224 g/mol. The van der Waals surface area contributed by atoms with Crippen LogP contribution in [0.1, 0.15) is 33.0 Å². The first-order valence-corrected chi connectivity index (χ1v) is 6.12. The van der Waals surface area contributed by atoms with Crippen LogP contribution in [0.5, 0.6) is 0 Å². The molecule has 2 N–H and O–H groups in total. The lowest BCUT2D eigenvalue weighted by molar-refractivity contribution is -0.119. The maximum atomic E-state index is 11.6. The number of nitrogens with one attached hydrogen (secondary N) is 2. The predicted octanol–water partition coefficient (Wildman–Crippen LogP) is 1.14. The summed E-state index contributed by atoms with van der Waals surface area (Å²) in [6.45, 7) is 7.07. The molecule has 0 aromatic carbocycles. The molecule has 0 aliphatic carbocycles. The van der Waals surface area contributed by atoms with Crippen molar-refractivity contribution in [2.75, 3.05) is 11.9 Å². The summed E-state index contributed by atoms with van der Waals surface area (Å²) in [4.78, 5) is 15.9. The number of carbonyl (C=O) groups is 1. The van der Waals surface area contributed by atoms with E-state index in [4.69, 9.17) is 0 Å². The van der Waals surface area contributed by atoms with Gasteiger partial charge in [-0.2, -0.15) is 4.37 Å². The Hall–Kier alpha value is -1.01. The molecule has 1 saturated heterocycles. The number of rotatable bonds is 2. The minimum Gasteiger partial charge on any atom is -0.306 e. The Bertz CT molecular complexity index is 392. The van der Waals surface area contributed by atoms with Crippen molar-refractivity contribution in [3.8, 4) is 0 Å². The summed E-state index contributed by atoms with van der Waals surface area (Å²) >= 11 is 1.24. The van der Waals surface area contributed by atoms with Crippen molar-refractivity contribution in [2.24, 2.45) is 0 Å². The highest BCUT2D eigenvalue weighted by molar-refractivity contribution is 7.09. The van der Waals surface area contributed by atoms with Gasteiger partial charge < -0.3 is 5.32 Å². The van der Waals surface area contributed by atoms with E-state index < -0.39 is 0 Å². The molecule has 1 atom stereocenters. The van der Waals surface area contributed by atoms with E-state index in [0.717, 1.165) is 18.8 Å². The molecule has 0 radical (unpaired) electrons. The molecule has 1 unspecified atom stereocenters. The second kappa shape index (κ2) is 4.10. The van der Waals surface area contributed by atoms with E-state index in [1.54, 1.807) is 0 Å². The largest absolute Gasteiger partial charge is 0.306 e. The van der Waals surface area contributed by atoms with Gasteiger partial charge in [0.25, 0.3) is 0 Å². The quantitative estimate of drug-likeness (QED) is 0.813. The molecule has 2 heterocycles. The van der Waals surface area contributed by atoms with Gasteiger partial charge in [0.2, 0.25) is 11.0 Å². The van der Waals surface area contributed by atoms with Gasteiger partial charge in [-0.05, 0) is 13.0 Å². The SMILES string of the molecule is CC(C)(C)c1nsc(NC(=O)C2CCN2)n1. The molecule has 1 aliphatic heterocycles. The zero-order valence-electron chi connectivity index (χ0n) is 9.70. The zero-order valence-corrected chi connectivity index (χ0v) is 10.5. The van der Waals surface area contributed by atoms with Gasteiger partial charge in [0, 0.05) is 16.9 Å². The Morgan fingerprint density at radius 1 is 1.56 bits per heavy atom. The van der Waals surface area contributed by atoms with Crippen LogP contribution in [-0.2, 0) is 10.2 Å². The van der Waals surface area contributed by atoms with Crippen LogP contribution in [0.25, 0.3) is 0 Å². The number of carbonyl (C=O) groups excluding carboxylic acids is 1. The lowest BCUT2D eigenvalue weighted by Gasteiger charge is -2.25. The Labute approximate surface area is 98.8 Å². The summed E-state index contributed by atoms with van der Waals surface area (Å²) in [6.07, 6.45) is 0.900. The third-order valence-electron chi connectivity index (χ3n) is 2.47. The first-order chi connectivity index (χ1) is 7.47. The second-order valence-electron chi connectivity index (χ2n) is 4.96. The third kappa shape index (κ3) is 2.38. The van der Waals surface area contributed by atoms with Gasteiger partial charge in [0.05, 0.1) is 6.04 Å². The molecule has 0 spiro atoms. The van der Waals surface area contributed by atoms with Crippen LogP contribution in [0.15, 0.2) is 0 Å². The van der Waals surface area contributed by atoms with Crippen LogP contribution in [-0.4, -0.2) is 27.9 Å². The molecule has 0 bridgehead atoms. The highest BCUT2D eigenvalue weighted by Crippen LogP contribution is 2.23. The van der Waals surface area contributed by atoms with Crippen molar-refractivity contribution in [3.05, 3.63) is 5.82 Å². The van der Waals surface area contributed by atoms with Gasteiger partial charge in [-0.15, -0.1) is 0 Å². The average molecular weight is 240 g/mol. The molecule has 88 valence electrons. The van der Waals surface area contributed by atoms with Crippen molar-refractivity contribution in [1.82, 2.24) is 14.7 Å². The standard InChI is InChI=1S/C10H16N4OS/c1-10(2,3)8-13-9(16-14-8)12-7(15)6-4-5-11-6/h6,11H,4-5H2,1-3H3,(H,12,13,14,15). The minimum absolute atomic E-state index is 0.0112. The summed E-state index contributed by atoms with van der Waals surface area (Å²) in [5, 5.41) is 6.41. The number of hydrogen-bond donors (Lipinski definition) is 2. The maximum absolute atomic E-state index is 11.6. The highest BCUT2D eigenvalue weighted by Gasteiger charge is 2.26. The molecule has 1 aromatic heterocycles. The Morgan fingerprint density at radius 3 is 2.69 bits per heavy atom. The van der Waals surface area contributed by atoms with Gasteiger partial charge in [-0.1, -0.05) is 20.8 Å². The lowest BCUT2D eigenvalue weighted by Crippen LogP contribution is -2.50. The van der Waals surface area contributed by atoms with Gasteiger partial charge in [0.1, 0.15) is 5.82 Å². The Morgan fingerprint density at radius 2 is 2.25 bits per heavy atom. The highest BCUT2D eigenvalue weighted by atomic mass is 32.1. The zero-order chi connectivity index (χ0) is 11.8. The Balaban J connectivity index is 1.99. The normalized spacial score (nSPS) is 20.3. The van der Waals surface area contributed by atoms with Crippen LogP contribution in [0.2, 0.25) is 0 Å². The summed E-state index contributed by atoms with van der Waals surface area (Å²) in [5.41, 5.74) is -0.0752. The Kier molecular flexibility index (Phi) is 2.94. The van der Waals surface area contributed by atoms with Crippen LogP contribution in [0.4, 0.5) is 5.13 Å². The number of aromatic nitrogens is 2. The number of amides is 1. The van der Waals surface area contributed by atoms with E-state index in [9.17, 15) is 4.79 Å². The van der Waals surface area contributed by atoms with E-state index in [0.29, 0.717) is 5.13 Å². The summed E-state index contributed by atoms with van der Waals surface area (Å²) in [6, 6.07) is -0.0537. The van der Waals surface area contributed by atoms with Crippen molar-refractivity contribution < 1.29 is 4.79 Å². The van der Waals surface area contributed by atoms with E-state index in [1.807, 2.05) is 20.8 Å². The molecule has 0 saturated carbocycles. The molecule has 2 rings (SSSR count). The molecular formula is C10H16N4OS.